The number of thiazole rings is 1. The van der Waals surface area contributed by atoms with E-state index in [9.17, 15) is 13.6 Å². The Morgan fingerprint density at radius 3 is 2.39 bits per heavy atom. The van der Waals surface area contributed by atoms with Gasteiger partial charge in [-0.2, -0.15) is 8.78 Å². The molecule has 0 saturated heterocycles. The molecule has 0 bridgehead atoms. The number of thioether (sulfide) groups is 1. The zero-order valence-electron chi connectivity index (χ0n) is 14.4. The molecule has 0 atom stereocenters. The largest absolute Gasteiger partial charge is 0.298 e. The van der Waals surface area contributed by atoms with Crippen LogP contribution in [-0.4, -0.2) is 16.6 Å². The second-order valence-corrected chi connectivity index (χ2v) is 8.02. The van der Waals surface area contributed by atoms with E-state index in [2.05, 4.69) is 10.3 Å². The number of alkyl halides is 2. The molecule has 7 heteroatoms. The van der Waals surface area contributed by atoms with Gasteiger partial charge in [0.15, 0.2) is 5.13 Å². The molecule has 1 N–H and O–H groups in total. The van der Waals surface area contributed by atoms with Crippen molar-refractivity contribution < 1.29 is 13.6 Å². The lowest BCUT2D eigenvalue weighted by Crippen LogP contribution is -2.11. The van der Waals surface area contributed by atoms with Crippen molar-refractivity contribution in [3.63, 3.8) is 0 Å². The Morgan fingerprint density at radius 2 is 1.68 bits per heavy atom. The fraction of sp³-hybridized carbons (Fsp3) is 0.0476. The van der Waals surface area contributed by atoms with Crippen LogP contribution in [0, 0.1) is 0 Å². The SMILES string of the molecule is O=C(Nc1nc2ccc(SC(F)F)cc2s1)c1ccc(-c2ccccc2)cc1. The number of carbonyl (C=O) groups is 1. The first kappa shape index (κ1) is 18.6. The first-order valence-corrected chi connectivity index (χ1v) is 10.1. The summed E-state index contributed by atoms with van der Waals surface area (Å²) >= 11 is 1.75. The molecule has 0 unspecified atom stereocenters. The minimum Gasteiger partial charge on any atom is -0.298 e. The van der Waals surface area contributed by atoms with Crippen LogP contribution in [0.1, 0.15) is 10.4 Å². The molecule has 1 heterocycles. The molecule has 3 nitrogen and oxygen atoms in total. The van der Waals surface area contributed by atoms with Crippen LogP contribution >= 0.6 is 23.1 Å². The summed E-state index contributed by atoms with van der Waals surface area (Å²) in [5, 5.41) is 3.22. The maximum atomic E-state index is 12.5. The molecule has 140 valence electrons. The zero-order chi connectivity index (χ0) is 19.5. The average molecular weight is 412 g/mol. The van der Waals surface area contributed by atoms with Gasteiger partial charge in [0.05, 0.1) is 10.2 Å². The van der Waals surface area contributed by atoms with Gasteiger partial charge >= 0.3 is 0 Å². The highest BCUT2D eigenvalue weighted by atomic mass is 32.2. The number of anilines is 1. The maximum absolute atomic E-state index is 12.5. The van der Waals surface area contributed by atoms with Gasteiger partial charge in [-0.3, -0.25) is 10.1 Å². The number of benzene rings is 3. The van der Waals surface area contributed by atoms with E-state index in [0.717, 1.165) is 15.8 Å². The van der Waals surface area contributed by atoms with Gasteiger partial charge in [-0.25, -0.2) is 4.98 Å². The van der Waals surface area contributed by atoms with Gasteiger partial charge in [0.2, 0.25) is 0 Å². The Hall–Kier alpha value is -2.77. The Labute approximate surface area is 168 Å². The van der Waals surface area contributed by atoms with Crippen LogP contribution in [0.3, 0.4) is 0 Å². The van der Waals surface area contributed by atoms with Gasteiger partial charge in [0.1, 0.15) is 0 Å². The van der Waals surface area contributed by atoms with Gasteiger partial charge in [0.25, 0.3) is 11.7 Å². The van der Waals surface area contributed by atoms with E-state index in [1.165, 1.54) is 11.3 Å². The average Bonchev–Trinajstić information content (AvgIpc) is 3.10. The first-order valence-electron chi connectivity index (χ1n) is 8.41. The third-order valence-corrected chi connectivity index (χ3v) is 5.70. The normalized spacial score (nSPS) is 11.1. The molecule has 0 aliphatic heterocycles. The van der Waals surface area contributed by atoms with Crippen molar-refractivity contribution in [3.8, 4) is 11.1 Å². The van der Waals surface area contributed by atoms with Crippen molar-refractivity contribution in [3.05, 3.63) is 78.4 Å². The summed E-state index contributed by atoms with van der Waals surface area (Å²) in [5.41, 5.74) is 3.30. The van der Waals surface area contributed by atoms with Crippen molar-refractivity contribution in [2.75, 3.05) is 5.32 Å². The van der Waals surface area contributed by atoms with Crippen LogP contribution in [0.25, 0.3) is 21.3 Å². The summed E-state index contributed by atoms with van der Waals surface area (Å²) in [6.07, 6.45) is 0. The molecule has 4 aromatic rings. The summed E-state index contributed by atoms with van der Waals surface area (Å²) in [6, 6.07) is 22.2. The van der Waals surface area contributed by atoms with E-state index in [1.54, 1.807) is 30.3 Å². The number of amides is 1. The van der Waals surface area contributed by atoms with E-state index < -0.39 is 5.76 Å². The standard InChI is InChI=1S/C21H14F2N2OS2/c22-20(23)27-16-10-11-17-18(12-16)28-21(24-17)25-19(26)15-8-6-14(7-9-15)13-4-2-1-3-5-13/h1-12,20H,(H,24,25,26). The van der Waals surface area contributed by atoms with Crippen LogP contribution in [0.5, 0.6) is 0 Å². The number of hydrogen-bond acceptors (Lipinski definition) is 4. The lowest BCUT2D eigenvalue weighted by atomic mass is 10.0. The second-order valence-electron chi connectivity index (χ2n) is 5.92. The monoisotopic (exact) mass is 412 g/mol. The minimum atomic E-state index is -2.47. The van der Waals surface area contributed by atoms with Gasteiger partial charge in [0, 0.05) is 10.5 Å². The molecule has 0 spiro atoms. The Bertz CT molecular complexity index is 1110. The lowest BCUT2D eigenvalue weighted by molar-refractivity contribution is 0.102. The number of hydrogen-bond donors (Lipinski definition) is 1. The molecule has 3 aromatic carbocycles. The molecule has 28 heavy (non-hydrogen) atoms. The fourth-order valence-corrected chi connectivity index (χ4v) is 4.26. The van der Waals surface area contributed by atoms with Crippen molar-refractivity contribution >= 4 is 44.4 Å². The summed E-state index contributed by atoms with van der Waals surface area (Å²) in [5.74, 6) is -2.73. The molecule has 0 saturated carbocycles. The highest BCUT2D eigenvalue weighted by Crippen LogP contribution is 2.32. The Kier molecular flexibility index (Phi) is 5.36. The molecule has 4 rings (SSSR count). The van der Waals surface area contributed by atoms with E-state index in [4.69, 9.17) is 0 Å². The molecule has 0 radical (unpaired) electrons. The van der Waals surface area contributed by atoms with Crippen LogP contribution in [0.2, 0.25) is 0 Å². The molecule has 0 fully saturated rings. The fourth-order valence-electron chi connectivity index (χ4n) is 2.75. The maximum Gasteiger partial charge on any atom is 0.288 e. The number of aromatic nitrogens is 1. The Balaban J connectivity index is 1.50. The molecular weight excluding hydrogens is 398 g/mol. The number of nitrogens with one attached hydrogen (secondary N) is 1. The topological polar surface area (TPSA) is 42.0 Å². The zero-order valence-corrected chi connectivity index (χ0v) is 16.1. The highest BCUT2D eigenvalue weighted by molar-refractivity contribution is 7.99. The summed E-state index contributed by atoms with van der Waals surface area (Å²) < 4.78 is 25.8. The number of carbonyl (C=O) groups excluding carboxylic acids is 1. The summed E-state index contributed by atoms with van der Waals surface area (Å²) in [6.45, 7) is 0. The van der Waals surface area contributed by atoms with Gasteiger partial charge < -0.3 is 0 Å². The predicted octanol–water partition coefficient (Wildman–Crippen LogP) is 6.53. The van der Waals surface area contributed by atoms with Gasteiger partial charge in [-0.05, 0) is 41.5 Å². The third-order valence-electron chi connectivity index (χ3n) is 4.06. The lowest BCUT2D eigenvalue weighted by Gasteiger charge is -2.04. The van der Waals surface area contributed by atoms with Crippen LogP contribution in [-0.2, 0) is 0 Å². The smallest absolute Gasteiger partial charge is 0.288 e. The number of fused-ring (bicyclic) bond motifs is 1. The van der Waals surface area contributed by atoms with Crippen molar-refractivity contribution in [1.29, 1.82) is 0 Å². The van der Waals surface area contributed by atoms with E-state index >= 15 is 0 Å². The second kappa shape index (κ2) is 8.08. The molecule has 0 aliphatic rings. The number of nitrogens with zero attached hydrogens (tertiary/aromatic N) is 1. The summed E-state index contributed by atoms with van der Waals surface area (Å²) in [4.78, 5) is 17.3. The van der Waals surface area contributed by atoms with Crippen molar-refractivity contribution in [2.24, 2.45) is 0 Å². The predicted molar refractivity (Wildman–Crippen MR) is 111 cm³/mol. The number of halogens is 2. The third kappa shape index (κ3) is 4.21. The van der Waals surface area contributed by atoms with Crippen molar-refractivity contribution in [1.82, 2.24) is 4.98 Å². The van der Waals surface area contributed by atoms with E-state index in [-0.39, 0.29) is 5.91 Å². The minimum absolute atomic E-state index is 0.263. The number of rotatable bonds is 5. The molecule has 1 aromatic heterocycles. The van der Waals surface area contributed by atoms with E-state index in [1.807, 2.05) is 42.5 Å². The molecule has 1 amide bonds. The van der Waals surface area contributed by atoms with E-state index in [0.29, 0.717) is 32.9 Å². The van der Waals surface area contributed by atoms with Crippen LogP contribution in [0.15, 0.2) is 77.7 Å². The van der Waals surface area contributed by atoms with Crippen LogP contribution in [0.4, 0.5) is 13.9 Å². The van der Waals surface area contributed by atoms with Crippen molar-refractivity contribution in [2.45, 2.75) is 10.7 Å². The molecular formula is C21H14F2N2OS2. The first-order chi connectivity index (χ1) is 13.6. The quantitative estimate of drug-likeness (QED) is 0.379. The molecule has 0 aliphatic carbocycles. The van der Waals surface area contributed by atoms with Gasteiger partial charge in [-0.1, -0.05) is 65.6 Å². The highest BCUT2D eigenvalue weighted by Gasteiger charge is 2.12. The Morgan fingerprint density at radius 1 is 0.964 bits per heavy atom. The van der Waals surface area contributed by atoms with Gasteiger partial charge in [-0.15, -0.1) is 0 Å². The van der Waals surface area contributed by atoms with Crippen LogP contribution < -0.4 is 5.32 Å². The summed E-state index contributed by atoms with van der Waals surface area (Å²) in [7, 11) is 0.